The van der Waals surface area contributed by atoms with Gasteiger partial charge in [-0.15, -0.1) is 0 Å². The maximum absolute atomic E-state index is 5.90. The van der Waals surface area contributed by atoms with E-state index in [2.05, 4.69) is 9.88 Å². The molecule has 1 atom stereocenters. The third-order valence-corrected chi connectivity index (χ3v) is 2.64. The Morgan fingerprint density at radius 1 is 1.56 bits per heavy atom. The minimum Gasteiger partial charge on any atom is -0.487 e. The fourth-order valence-electron chi connectivity index (χ4n) is 1.95. The van der Waals surface area contributed by atoms with Gasteiger partial charge in [0.05, 0.1) is 6.10 Å². The Labute approximate surface area is 96.4 Å². The smallest absolute Gasteiger partial charge is 0.171 e. The first-order valence-electron chi connectivity index (χ1n) is 5.79. The number of aromatic nitrogens is 1. The summed E-state index contributed by atoms with van der Waals surface area (Å²) in [5.74, 6) is 1.77. The number of ether oxygens (including phenoxy) is 1. The summed E-state index contributed by atoms with van der Waals surface area (Å²) in [7, 11) is 0. The largest absolute Gasteiger partial charge is 0.487 e. The van der Waals surface area contributed by atoms with Gasteiger partial charge in [-0.25, -0.2) is 4.98 Å². The highest BCUT2D eigenvalue weighted by atomic mass is 16.5. The Morgan fingerprint density at radius 2 is 2.38 bits per heavy atom. The van der Waals surface area contributed by atoms with Crippen LogP contribution in [0.1, 0.15) is 20.3 Å². The summed E-state index contributed by atoms with van der Waals surface area (Å²) in [6, 6.07) is 4.12. The summed E-state index contributed by atoms with van der Waals surface area (Å²) in [6.07, 6.45) is 2.99. The predicted octanol–water partition coefficient (Wildman–Crippen LogP) is 1.41. The lowest BCUT2D eigenvalue weighted by atomic mass is 10.3. The number of hydrogen-bond acceptors (Lipinski definition) is 4. The van der Waals surface area contributed by atoms with E-state index in [1.807, 2.05) is 26.0 Å². The highest BCUT2D eigenvalue weighted by molar-refractivity contribution is 5.53. The van der Waals surface area contributed by atoms with Crippen molar-refractivity contribution < 1.29 is 4.74 Å². The lowest BCUT2D eigenvalue weighted by Crippen LogP contribution is -2.27. The van der Waals surface area contributed by atoms with Gasteiger partial charge in [0, 0.05) is 25.3 Å². The molecule has 2 rings (SSSR count). The lowest BCUT2D eigenvalue weighted by Gasteiger charge is -2.21. The van der Waals surface area contributed by atoms with Crippen molar-refractivity contribution in [3.63, 3.8) is 0 Å². The quantitative estimate of drug-likeness (QED) is 0.838. The second-order valence-electron chi connectivity index (χ2n) is 4.49. The van der Waals surface area contributed by atoms with Gasteiger partial charge in [-0.05, 0) is 32.4 Å². The van der Waals surface area contributed by atoms with Gasteiger partial charge in [0.15, 0.2) is 11.6 Å². The Balaban J connectivity index is 2.19. The van der Waals surface area contributed by atoms with Gasteiger partial charge in [-0.1, -0.05) is 0 Å². The first-order valence-corrected chi connectivity index (χ1v) is 5.79. The van der Waals surface area contributed by atoms with E-state index in [9.17, 15) is 0 Å². The number of rotatable bonds is 3. The van der Waals surface area contributed by atoms with E-state index >= 15 is 0 Å². The van der Waals surface area contributed by atoms with E-state index in [1.165, 1.54) is 0 Å². The van der Waals surface area contributed by atoms with Crippen molar-refractivity contribution in [1.29, 1.82) is 0 Å². The van der Waals surface area contributed by atoms with Crippen LogP contribution < -0.4 is 15.4 Å². The molecule has 4 heteroatoms. The van der Waals surface area contributed by atoms with Crippen molar-refractivity contribution in [2.75, 3.05) is 18.0 Å². The fourth-order valence-corrected chi connectivity index (χ4v) is 1.95. The minimum atomic E-state index is 0.166. The summed E-state index contributed by atoms with van der Waals surface area (Å²) in [4.78, 5) is 6.59. The molecule has 0 amide bonds. The first-order chi connectivity index (χ1) is 7.66. The van der Waals surface area contributed by atoms with Crippen LogP contribution in [0, 0.1) is 0 Å². The van der Waals surface area contributed by atoms with Crippen LogP contribution in [0.15, 0.2) is 18.3 Å². The third kappa shape index (κ3) is 2.44. The van der Waals surface area contributed by atoms with Crippen LogP contribution in [0.4, 0.5) is 5.82 Å². The van der Waals surface area contributed by atoms with E-state index in [-0.39, 0.29) is 12.1 Å². The van der Waals surface area contributed by atoms with Gasteiger partial charge < -0.3 is 15.4 Å². The molecule has 0 spiro atoms. The molecular formula is C12H19N3O. The van der Waals surface area contributed by atoms with Crippen LogP contribution in [0.3, 0.4) is 0 Å². The highest BCUT2D eigenvalue weighted by Gasteiger charge is 2.23. The molecule has 1 saturated heterocycles. The number of hydrogen-bond donors (Lipinski definition) is 1. The molecule has 88 valence electrons. The number of nitrogens with two attached hydrogens (primary N) is 1. The summed E-state index contributed by atoms with van der Waals surface area (Å²) >= 11 is 0. The molecule has 1 aliphatic heterocycles. The Kier molecular flexibility index (Phi) is 3.29. The molecule has 0 bridgehead atoms. The van der Waals surface area contributed by atoms with Gasteiger partial charge >= 0.3 is 0 Å². The van der Waals surface area contributed by atoms with Crippen molar-refractivity contribution >= 4 is 5.82 Å². The first kappa shape index (κ1) is 11.2. The van der Waals surface area contributed by atoms with Crippen LogP contribution in [0.25, 0.3) is 0 Å². The van der Waals surface area contributed by atoms with Gasteiger partial charge in [0.1, 0.15) is 0 Å². The molecule has 1 fully saturated rings. The number of nitrogens with zero attached hydrogens (tertiary/aromatic N) is 2. The van der Waals surface area contributed by atoms with E-state index in [4.69, 9.17) is 10.5 Å². The zero-order valence-corrected chi connectivity index (χ0v) is 9.89. The second kappa shape index (κ2) is 4.70. The fraction of sp³-hybridized carbons (Fsp3) is 0.583. The van der Waals surface area contributed by atoms with Crippen LogP contribution in [0.5, 0.6) is 5.75 Å². The Morgan fingerprint density at radius 3 is 3.00 bits per heavy atom. The highest BCUT2D eigenvalue weighted by Crippen LogP contribution is 2.28. The topological polar surface area (TPSA) is 51.4 Å². The van der Waals surface area contributed by atoms with E-state index < -0.39 is 0 Å². The van der Waals surface area contributed by atoms with Crippen molar-refractivity contribution in [3.05, 3.63) is 18.3 Å². The van der Waals surface area contributed by atoms with Crippen molar-refractivity contribution in [1.82, 2.24) is 4.98 Å². The maximum Gasteiger partial charge on any atom is 0.171 e. The lowest BCUT2D eigenvalue weighted by molar-refractivity contribution is 0.242. The molecule has 1 aromatic rings. The molecule has 1 unspecified atom stereocenters. The number of pyridine rings is 1. The van der Waals surface area contributed by atoms with Crippen molar-refractivity contribution in [3.8, 4) is 5.75 Å². The Hall–Kier alpha value is -1.29. The zero-order chi connectivity index (χ0) is 11.5. The van der Waals surface area contributed by atoms with Gasteiger partial charge in [0.2, 0.25) is 0 Å². The predicted molar refractivity (Wildman–Crippen MR) is 64.8 cm³/mol. The molecule has 16 heavy (non-hydrogen) atoms. The molecule has 4 nitrogen and oxygen atoms in total. The second-order valence-corrected chi connectivity index (χ2v) is 4.49. The molecule has 2 heterocycles. The maximum atomic E-state index is 5.90. The van der Waals surface area contributed by atoms with Gasteiger partial charge in [0.25, 0.3) is 0 Å². The molecular weight excluding hydrogens is 202 g/mol. The standard InChI is InChI=1S/C12H19N3O/c1-9(2)16-11-4-3-6-14-12(11)15-7-5-10(13)8-15/h3-4,6,9-10H,5,7-8,13H2,1-2H3. The SMILES string of the molecule is CC(C)Oc1cccnc1N1CCC(N)C1. The van der Waals surface area contributed by atoms with Crippen LogP contribution in [-0.2, 0) is 0 Å². The van der Waals surface area contributed by atoms with Crippen molar-refractivity contribution in [2.24, 2.45) is 5.73 Å². The average molecular weight is 221 g/mol. The summed E-state index contributed by atoms with van der Waals surface area (Å²) in [5.41, 5.74) is 5.90. The van der Waals surface area contributed by atoms with E-state index in [0.717, 1.165) is 31.1 Å². The van der Waals surface area contributed by atoms with Crippen LogP contribution in [0.2, 0.25) is 0 Å². The monoisotopic (exact) mass is 221 g/mol. The molecule has 1 aliphatic rings. The van der Waals surface area contributed by atoms with E-state index in [0.29, 0.717) is 0 Å². The molecule has 2 N–H and O–H groups in total. The van der Waals surface area contributed by atoms with Gasteiger partial charge in [-0.3, -0.25) is 0 Å². The number of anilines is 1. The van der Waals surface area contributed by atoms with Crippen molar-refractivity contribution in [2.45, 2.75) is 32.4 Å². The zero-order valence-electron chi connectivity index (χ0n) is 9.89. The molecule has 1 aromatic heterocycles. The third-order valence-electron chi connectivity index (χ3n) is 2.64. The summed E-state index contributed by atoms with van der Waals surface area (Å²) < 4.78 is 5.75. The minimum absolute atomic E-state index is 0.166. The Bertz CT molecular complexity index is 354. The van der Waals surface area contributed by atoms with E-state index in [1.54, 1.807) is 6.20 Å². The van der Waals surface area contributed by atoms with Gasteiger partial charge in [-0.2, -0.15) is 0 Å². The normalized spacial score (nSPS) is 20.5. The summed E-state index contributed by atoms with van der Waals surface area (Å²) in [6.45, 7) is 5.87. The molecule has 0 aliphatic carbocycles. The molecule has 0 radical (unpaired) electrons. The average Bonchev–Trinajstić information content (AvgIpc) is 2.65. The molecule has 0 aromatic carbocycles. The van der Waals surface area contributed by atoms with Crippen LogP contribution >= 0.6 is 0 Å². The van der Waals surface area contributed by atoms with Crippen LogP contribution in [-0.4, -0.2) is 30.2 Å². The molecule has 0 saturated carbocycles. The summed E-state index contributed by atoms with van der Waals surface area (Å²) in [5, 5.41) is 0.